The molecule has 0 aliphatic rings. The van der Waals surface area contributed by atoms with Gasteiger partial charge in [-0.05, 0) is 48.9 Å². The normalized spacial score (nSPS) is 12.2. The summed E-state index contributed by atoms with van der Waals surface area (Å²) in [6.07, 6.45) is 0. The van der Waals surface area contributed by atoms with Crippen molar-refractivity contribution in [2.75, 3.05) is 0 Å². The second-order valence-corrected chi connectivity index (χ2v) is 8.68. The van der Waals surface area contributed by atoms with E-state index in [4.69, 9.17) is 5.73 Å². The molecule has 0 radical (unpaired) electrons. The Kier molecular flexibility index (Phi) is 5.40. The molecule has 0 saturated heterocycles. The molecule has 9 heteroatoms. The van der Waals surface area contributed by atoms with Crippen LogP contribution < -0.4 is 11.3 Å². The highest BCUT2D eigenvalue weighted by Gasteiger charge is 2.21. The third-order valence-corrected chi connectivity index (χ3v) is 6.44. The van der Waals surface area contributed by atoms with Crippen LogP contribution in [0.1, 0.15) is 6.92 Å². The average molecular weight is 444 g/mol. The molecule has 0 bridgehead atoms. The lowest BCUT2D eigenvalue weighted by atomic mass is 10.1. The van der Waals surface area contributed by atoms with Crippen LogP contribution in [0.3, 0.4) is 0 Å². The van der Waals surface area contributed by atoms with E-state index in [2.05, 4.69) is 4.98 Å². The molecule has 4 rings (SSSR count). The van der Waals surface area contributed by atoms with Gasteiger partial charge >= 0.3 is 0 Å². The quantitative estimate of drug-likeness (QED) is 0.367. The van der Waals surface area contributed by atoms with Crippen LogP contribution >= 0.6 is 23.1 Å². The second-order valence-electron chi connectivity index (χ2n) is 6.51. The van der Waals surface area contributed by atoms with Crippen LogP contribution in [0, 0.1) is 11.6 Å². The highest BCUT2D eigenvalue weighted by atomic mass is 32.2. The largest absolute Gasteiger partial charge is 0.369 e. The van der Waals surface area contributed by atoms with Gasteiger partial charge in [0, 0.05) is 10.9 Å². The number of hydrogen-bond donors (Lipinski definition) is 1. The van der Waals surface area contributed by atoms with Crippen molar-refractivity contribution in [2.24, 2.45) is 5.73 Å². The van der Waals surface area contributed by atoms with Crippen LogP contribution in [0.2, 0.25) is 0 Å². The molecule has 5 nitrogen and oxygen atoms in total. The third kappa shape index (κ3) is 3.73. The van der Waals surface area contributed by atoms with Gasteiger partial charge in [0.2, 0.25) is 5.91 Å². The number of fused-ring (bicyclic) bond motifs is 1. The topological polar surface area (TPSA) is 78.0 Å². The van der Waals surface area contributed by atoms with Crippen molar-refractivity contribution < 1.29 is 13.6 Å². The summed E-state index contributed by atoms with van der Waals surface area (Å²) in [5.74, 6) is -1.36. The van der Waals surface area contributed by atoms with Crippen molar-refractivity contribution in [2.45, 2.75) is 17.3 Å². The Hall–Kier alpha value is -3.04. The summed E-state index contributed by atoms with van der Waals surface area (Å²) in [4.78, 5) is 30.2. The van der Waals surface area contributed by atoms with E-state index < -0.39 is 17.0 Å². The van der Waals surface area contributed by atoms with Crippen LogP contribution in [0.25, 0.3) is 27.0 Å². The van der Waals surface area contributed by atoms with Gasteiger partial charge < -0.3 is 5.73 Å². The smallest absolute Gasteiger partial charge is 0.268 e. The van der Waals surface area contributed by atoms with Crippen molar-refractivity contribution in [1.82, 2.24) is 9.55 Å². The fourth-order valence-electron chi connectivity index (χ4n) is 2.93. The molecular formula is C21H15F2N3O2S2. The number of halogens is 2. The third-order valence-electron chi connectivity index (χ3n) is 4.50. The molecule has 2 aromatic heterocycles. The SMILES string of the molecule is CC(Sc1nc2scc(-c3ccc(F)cc3)c2c(=O)n1-c1ccc(F)cc1)C(N)=O. The summed E-state index contributed by atoms with van der Waals surface area (Å²) < 4.78 is 28.1. The van der Waals surface area contributed by atoms with Crippen LogP contribution in [-0.4, -0.2) is 20.7 Å². The van der Waals surface area contributed by atoms with Crippen LogP contribution in [-0.2, 0) is 4.79 Å². The lowest BCUT2D eigenvalue weighted by Crippen LogP contribution is -2.26. The first-order chi connectivity index (χ1) is 14.3. The standard InChI is InChI=1S/C21H15F2N3O2S2/c1-11(18(24)27)30-21-25-19-17(16(10-29-19)12-2-4-13(22)5-3-12)20(28)26(21)15-8-6-14(23)7-9-15/h2-11H,1H3,(H2,24,27). The number of primary amides is 1. The van der Waals surface area contributed by atoms with Crippen LogP contribution in [0.5, 0.6) is 0 Å². The highest BCUT2D eigenvalue weighted by Crippen LogP contribution is 2.33. The van der Waals surface area contributed by atoms with Gasteiger partial charge in [-0.1, -0.05) is 23.9 Å². The molecule has 0 aliphatic heterocycles. The maximum absolute atomic E-state index is 13.5. The second kappa shape index (κ2) is 8.00. The summed E-state index contributed by atoms with van der Waals surface area (Å²) >= 11 is 2.33. The molecule has 0 aliphatic carbocycles. The molecule has 4 aromatic rings. The fourth-order valence-corrected chi connectivity index (χ4v) is 4.79. The van der Waals surface area contributed by atoms with E-state index in [1.807, 2.05) is 0 Å². The summed E-state index contributed by atoms with van der Waals surface area (Å²) in [7, 11) is 0. The number of nitrogens with zero attached hydrogens (tertiary/aromatic N) is 2. The number of thiophene rings is 1. The Balaban J connectivity index is 1.98. The number of aromatic nitrogens is 2. The number of hydrogen-bond acceptors (Lipinski definition) is 5. The molecular weight excluding hydrogens is 428 g/mol. The average Bonchev–Trinajstić information content (AvgIpc) is 3.14. The summed E-state index contributed by atoms with van der Waals surface area (Å²) in [5, 5.41) is 1.80. The van der Waals surface area contributed by atoms with Gasteiger partial charge in [-0.3, -0.25) is 14.2 Å². The predicted octanol–water partition coefficient (Wildman–Crippen LogP) is 4.36. The number of carbonyl (C=O) groups excluding carboxylic acids is 1. The Morgan fingerprint density at radius 1 is 1.10 bits per heavy atom. The first-order valence-electron chi connectivity index (χ1n) is 8.87. The minimum Gasteiger partial charge on any atom is -0.369 e. The van der Waals surface area contributed by atoms with Crippen molar-refractivity contribution in [3.8, 4) is 16.8 Å². The maximum atomic E-state index is 13.5. The number of rotatable bonds is 5. The molecule has 0 saturated carbocycles. The van der Waals surface area contributed by atoms with Gasteiger partial charge in [0.05, 0.1) is 16.3 Å². The zero-order valence-electron chi connectivity index (χ0n) is 15.6. The van der Waals surface area contributed by atoms with Crippen molar-refractivity contribution >= 4 is 39.2 Å². The Morgan fingerprint density at radius 3 is 2.30 bits per heavy atom. The molecule has 1 unspecified atom stereocenters. The molecule has 0 spiro atoms. The molecule has 1 atom stereocenters. The van der Waals surface area contributed by atoms with Gasteiger partial charge in [-0.25, -0.2) is 13.8 Å². The predicted molar refractivity (Wildman–Crippen MR) is 115 cm³/mol. The van der Waals surface area contributed by atoms with E-state index >= 15 is 0 Å². The van der Waals surface area contributed by atoms with E-state index in [0.29, 0.717) is 27.0 Å². The minimum absolute atomic E-state index is 0.276. The number of carbonyl (C=O) groups is 1. The van der Waals surface area contributed by atoms with E-state index in [1.165, 1.54) is 52.3 Å². The summed E-state index contributed by atoms with van der Waals surface area (Å²) in [5.41, 5.74) is 6.73. The van der Waals surface area contributed by atoms with Gasteiger partial charge in [-0.2, -0.15) is 0 Å². The van der Waals surface area contributed by atoms with Crippen molar-refractivity contribution in [1.29, 1.82) is 0 Å². The molecule has 152 valence electrons. The van der Waals surface area contributed by atoms with Gasteiger partial charge in [0.1, 0.15) is 16.5 Å². The minimum atomic E-state index is -0.627. The van der Waals surface area contributed by atoms with Crippen molar-refractivity contribution in [3.63, 3.8) is 0 Å². The van der Waals surface area contributed by atoms with E-state index in [9.17, 15) is 18.4 Å². The summed E-state index contributed by atoms with van der Waals surface area (Å²) in [6.45, 7) is 1.62. The monoisotopic (exact) mass is 443 g/mol. The maximum Gasteiger partial charge on any atom is 0.268 e. The van der Waals surface area contributed by atoms with Crippen LogP contribution in [0.15, 0.2) is 63.9 Å². The lowest BCUT2D eigenvalue weighted by molar-refractivity contribution is -0.117. The molecule has 2 heterocycles. The zero-order chi connectivity index (χ0) is 21.4. The van der Waals surface area contributed by atoms with Crippen molar-refractivity contribution in [3.05, 3.63) is 75.9 Å². The Bertz CT molecular complexity index is 1300. The van der Waals surface area contributed by atoms with Gasteiger partial charge in [0.25, 0.3) is 5.56 Å². The zero-order valence-corrected chi connectivity index (χ0v) is 17.3. The van der Waals surface area contributed by atoms with E-state index in [1.54, 1.807) is 24.4 Å². The summed E-state index contributed by atoms with van der Waals surface area (Å²) in [6, 6.07) is 11.2. The molecule has 2 aromatic carbocycles. The van der Waals surface area contributed by atoms with E-state index in [-0.39, 0.29) is 16.5 Å². The molecule has 0 fully saturated rings. The van der Waals surface area contributed by atoms with Gasteiger partial charge in [-0.15, -0.1) is 11.3 Å². The fraction of sp³-hybridized carbons (Fsp3) is 0.0952. The first kappa shape index (κ1) is 20.2. The number of thioether (sulfide) groups is 1. The number of nitrogens with two attached hydrogens (primary N) is 1. The Labute approximate surface area is 178 Å². The van der Waals surface area contributed by atoms with Crippen LogP contribution in [0.4, 0.5) is 8.78 Å². The number of amides is 1. The lowest BCUT2D eigenvalue weighted by Gasteiger charge is -2.14. The number of benzene rings is 2. The molecule has 2 N–H and O–H groups in total. The first-order valence-corrected chi connectivity index (χ1v) is 10.6. The highest BCUT2D eigenvalue weighted by molar-refractivity contribution is 8.00. The van der Waals surface area contributed by atoms with Gasteiger partial charge in [0.15, 0.2) is 5.16 Å². The van der Waals surface area contributed by atoms with E-state index in [0.717, 1.165) is 11.8 Å². The Morgan fingerprint density at radius 2 is 1.70 bits per heavy atom. The molecule has 1 amide bonds. The molecule has 30 heavy (non-hydrogen) atoms.